The maximum absolute atomic E-state index is 12.2. The molecule has 0 spiro atoms. The van der Waals surface area contributed by atoms with Crippen LogP contribution in [0.2, 0.25) is 10.0 Å². The van der Waals surface area contributed by atoms with E-state index in [9.17, 15) is 14.4 Å². The molecule has 138 valence electrons. The number of urea groups is 1. The highest BCUT2D eigenvalue weighted by Gasteiger charge is 2.11. The number of rotatable bonds is 3. The highest BCUT2D eigenvalue weighted by Crippen LogP contribution is 2.25. The lowest BCUT2D eigenvalue weighted by molar-refractivity contribution is 0.0594. The molecule has 27 heavy (non-hydrogen) atoms. The van der Waals surface area contributed by atoms with Crippen molar-refractivity contribution in [1.82, 2.24) is 4.98 Å². The molecule has 2 amide bonds. The summed E-state index contributed by atoms with van der Waals surface area (Å²) >= 11 is 11.7. The molecule has 0 aliphatic rings. The van der Waals surface area contributed by atoms with Crippen LogP contribution in [-0.4, -0.2) is 24.1 Å². The van der Waals surface area contributed by atoms with Gasteiger partial charge in [-0.3, -0.25) is 4.79 Å². The summed E-state index contributed by atoms with van der Waals surface area (Å²) < 4.78 is 4.60. The van der Waals surface area contributed by atoms with E-state index in [1.165, 1.54) is 19.2 Å². The maximum Gasteiger partial charge on any atom is 0.354 e. The zero-order chi connectivity index (χ0) is 19.6. The Morgan fingerprint density at radius 2 is 1.63 bits per heavy atom. The van der Waals surface area contributed by atoms with Crippen molar-refractivity contribution in [3.8, 4) is 0 Å². The molecule has 3 aromatic rings. The zero-order valence-corrected chi connectivity index (χ0v) is 15.4. The molecule has 7 nitrogen and oxygen atoms in total. The maximum atomic E-state index is 12.2. The Hall–Kier alpha value is -3.03. The van der Waals surface area contributed by atoms with Crippen LogP contribution in [0.1, 0.15) is 10.5 Å². The molecule has 3 rings (SSSR count). The first-order valence-corrected chi connectivity index (χ1v) is 8.41. The number of ether oxygens (including phenoxy) is 1. The SMILES string of the molecule is COC(=O)c1cc(=O)c2cc(NC(=O)Nc3ccc(Cl)c(Cl)c3)ccc2[nH]1. The molecule has 0 saturated carbocycles. The van der Waals surface area contributed by atoms with Gasteiger partial charge in [0.2, 0.25) is 0 Å². The van der Waals surface area contributed by atoms with Crippen molar-refractivity contribution in [2.45, 2.75) is 0 Å². The summed E-state index contributed by atoms with van der Waals surface area (Å²) in [5.41, 5.74) is 0.976. The predicted molar refractivity (Wildman–Crippen MR) is 105 cm³/mol. The number of fused-ring (bicyclic) bond motifs is 1. The normalized spacial score (nSPS) is 10.5. The summed E-state index contributed by atoms with van der Waals surface area (Å²) in [4.78, 5) is 38.8. The largest absolute Gasteiger partial charge is 0.464 e. The van der Waals surface area contributed by atoms with E-state index < -0.39 is 12.0 Å². The predicted octanol–water partition coefficient (Wildman–Crippen LogP) is 4.27. The fourth-order valence-corrected chi connectivity index (χ4v) is 2.71. The molecule has 0 fully saturated rings. The van der Waals surface area contributed by atoms with Crippen molar-refractivity contribution in [3.63, 3.8) is 0 Å². The molecule has 0 bridgehead atoms. The highest BCUT2D eigenvalue weighted by molar-refractivity contribution is 6.42. The van der Waals surface area contributed by atoms with Crippen LogP contribution in [0.4, 0.5) is 16.2 Å². The van der Waals surface area contributed by atoms with Gasteiger partial charge in [0.1, 0.15) is 5.69 Å². The van der Waals surface area contributed by atoms with Crippen LogP contribution in [0.3, 0.4) is 0 Å². The summed E-state index contributed by atoms with van der Waals surface area (Å²) in [6.07, 6.45) is 0. The topological polar surface area (TPSA) is 100 Å². The molecule has 1 aromatic heterocycles. The quantitative estimate of drug-likeness (QED) is 0.566. The van der Waals surface area contributed by atoms with E-state index in [4.69, 9.17) is 23.2 Å². The van der Waals surface area contributed by atoms with Crippen molar-refractivity contribution >= 4 is 57.5 Å². The molecule has 2 aromatic carbocycles. The van der Waals surface area contributed by atoms with Gasteiger partial charge < -0.3 is 20.4 Å². The monoisotopic (exact) mass is 405 g/mol. The third-order valence-corrected chi connectivity index (χ3v) is 4.41. The zero-order valence-electron chi connectivity index (χ0n) is 13.9. The van der Waals surface area contributed by atoms with Gasteiger partial charge in [0.15, 0.2) is 5.43 Å². The van der Waals surface area contributed by atoms with E-state index in [0.717, 1.165) is 6.07 Å². The Balaban J connectivity index is 1.81. The average Bonchev–Trinajstić information content (AvgIpc) is 2.64. The van der Waals surface area contributed by atoms with Crippen LogP contribution in [-0.2, 0) is 4.74 Å². The number of anilines is 2. The molecule has 1 heterocycles. The average molecular weight is 406 g/mol. The van der Waals surface area contributed by atoms with Crippen molar-refractivity contribution in [2.75, 3.05) is 17.7 Å². The molecule has 0 aliphatic carbocycles. The Morgan fingerprint density at radius 3 is 2.30 bits per heavy atom. The van der Waals surface area contributed by atoms with Crippen LogP contribution in [0.5, 0.6) is 0 Å². The van der Waals surface area contributed by atoms with E-state index in [1.54, 1.807) is 24.3 Å². The fraction of sp³-hybridized carbons (Fsp3) is 0.0556. The van der Waals surface area contributed by atoms with Crippen molar-refractivity contribution < 1.29 is 14.3 Å². The summed E-state index contributed by atoms with van der Waals surface area (Å²) in [6.45, 7) is 0. The van der Waals surface area contributed by atoms with Gasteiger partial charge in [0.25, 0.3) is 0 Å². The molecule has 0 atom stereocenters. The number of methoxy groups -OCH3 is 1. The number of benzene rings is 2. The van der Waals surface area contributed by atoms with Gasteiger partial charge in [-0.05, 0) is 36.4 Å². The summed E-state index contributed by atoms with van der Waals surface area (Å²) in [6, 6.07) is 9.99. The minimum Gasteiger partial charge on any atom is -0.464 e. The number of H-pyrrole nitrogens is 1. The van der Waals surface area contributed by atoms with Crippen molar-refractivity contribution in [1.29, 1.82) is 0 Å². The highest BCUT2D eigenvalue weighted by atomic mass is 35.5. The lowest BCUT2D eigenvalue weighted by Gasteiger charge is -2.09. The number of carbonyl (C=O) groups excluding carboxylic acids is 2. The number of aromatic nitrogens is 1. The lowest BCUT2D eigenvalue weighted by Crippen LogP contribution is -2.19. The number of hydrogen-bond donors (Lipinski definition) is 3. The second-order valence-electron chi connectivity index (χ2n) is 5.51. The first-order chi connectivity index (χ1) is 12.9. The second-order valence-corrected chi connectivity index (χ2v) is 6.32. The molecule has 3 N–H and O–H groups in total. The van der Waals surface area contributed by atoms with Gasteiger partial charge in [0, 0.05) is 22.8 Å². The third kappa shape index (κ3) is 4.21. The van der Waals surface area contributed by atoms with E-state index in [1.807, 2.05) is 0 Å². The van der Waals surface area contributed by atoms with Crippen LogP contribution in [0, 0.1) is 0 Å². The molecule has 0 saturated heterocycles. The third-order valence-electron chi connectivity index (χ3n) is 3.67. The number of halogens is 2. The Kier molecular flexibility index (Phi) is 5.34. The Morgan fingerprint density at radius 1 is 0.963 bits per heavy atom. The van der Waals surface area contributed by atoms with Gasteiger partial charge in [-0.2, -0.15) is 0 Å². The van der Waals surface area contributed by atoms with Gasteiger partial charge in [-0.15, -0.1) is 0 Å². The van der Waals surface area contributed by atoms with Gasteiger partial charge in [0.05, 0.1) is 22.7 Å². The van der Waals surface area contributed by atoms with E-state index >= 15 is 0 Å². The number of aromatic amines is 1. The first kappa shape index (κ1) is 18.8. The van der Waals surface area contributed by atoms with E-state index in [0.29, 0.717) is 32.3 Å². The van der Waals surface area contributed by atoms with Crippen LogP contribution in [0.25, 0.3) is 10.9 Å². The van der Waals surface area contributed by atoms with E-state index in [2.05, 4.69) is 20.4 Å². The number of hydrogen-bond acceptors (Lipinski definition) is 4. The second kappa shape index (κ2) is 7.69. The number of amides is 2. The molecular formula is C18H13Cl2N3O4. The molecule has 9 heteroatoms. The van der Waals surface area contributed by atoms with Crippen molar-refractivity contribution in [2.24, 2.45) is 0 Å². The van der Waals surface area contributed by atoms with Crippen LogP contribution in [0.15, 0.2) is 47.3 Å². The van der Waals surface area contributed by atoms with Crippen molar-refractivity contribution in [3.05, 3.63) is 68.4 Å². The van der Waals surface area contributed by atoms with Gasteiger partial charge >= 0.3 is 12.0 Å². The first-order valence-electron chi connectivity index (χ1n) is 7.66. The minimum atomic E-state index is -0.641. The number of carbonyl (C=O) groups is 2. The summed E-state index contributed by atoms with van der Waals surface area (Å²) in [5.74, 6) is -0.641. The van der Waals surface area contributed by atoms with Gasteiger partial charge in [-0.25, -0.2) is 9.59 Å². The number of esters is 1. The molecular weight excluding hydrogens is 393 g/mol. The molecule has 0 aliphatic heterocycles. The fourth-order valence-electron chi connectivity index (χ4n) is 2.41. The Labute approximate surface area is 163 Å². The summed E-state index contributed by atoms with van der Waals surface area (Å²) in [5, 5.41) is 6.24. The van der Waals surface area contributed by atoms with E-state index in [-0.39, 0.29) is 11.1 Å². The molecule has 0 radical (unpaired) electrons. The van der Waals surface area contributed by atoms with Crippen LogP contribution >= 0.6 is 23.2 Å². The minimum absolute atomic E-state index is 0.0491. The standard InChI is InChI=1S/C18H13Cl2N3O4/c1-27-17(25)15-8-16(24)11-6-9(3-5-14(11)23-15)21-18(26)22-10-2-4-12(19)13(20)7-10/h2-8H,1H3,(H,23,24)(H2,21,22,26). The lowest BCUT2D eigenvalue weighted by atomic mass is 10.1. The number of nitrogens with one attached hydrogen (secondary N) is 3. The summed E-state index contributed by atoms with van der Waals surface area (Å²) in [7, 11) is 1.23. The molecule has 0 unspecified atom stereocenters. The van der Waals surface area contributed by atoms with Gasteiger partial charge in [-0.1, -0.05) is 23.2 Å². The Bertz CT molecular complexity index is 1110. The number of pyridine rings is 1. The smallest absolute Gasteiger partial charge is 0.354 e. The van der Waals surface area contributed by atoms with Crippen LogP contribution < -0.4 is 16.1 Å².